The van der Waals surface area contributed by atoms with Crippen LogP contribution in [0.25, 0.3) is 55.3 Å². The van der Waals surface area contributed by atoms with Gasteiger partial charge in [-0.15, -0.1) is 0 Å². The third kappa shape index (κ3) is 14.5. The summed E-state index contributed by atoms with van der Waals surface area (Å²) < 4.78 is 75.3. The number of nitrogens with one attached hydrogen (secondary N) is 5. The summed E-state index contributed by atoms with van der Waals surface area (Å²) >= 11 is 0. The fraction of sp³-hybridized carbons (Fsp3) is 0.272. The minimum atomic E-state index is -1.66. The molecule has 38 nitrogen and oxygen atoms in total. The van der Waals surface area contributed by atoms with Crippen LogP contribution in [0.4, 0.5) is 19.4 Å². The Balaban J connectivity index is 0.000000114. The van der Waals surface area contributed by atoms with Crippen LogP contribution in [-0.4, -0.2) is 192 Å². The highest BCUT2D eigenvalue weighted by Gasteiger charge is 2.58. The molecular weight excluding hydrogens is 1720 g/mol. The van der Waals surface area contributed by atoms with Gasteiger partial charge >= 0.3 is 6.03 Å². The number of pyridine rings is 3. The van der Waals surface area contributed by atoms with E-state index in [4.69, 9.17) is 36.6 Å². The number of urea groups is 1. The van der Waals surface area contributed by atoms with Crippen LogP contribution in [0.1, 0.15) is 130 Å². The number of fused-ring (bicyclic) bond motifs is 8. The molecule has 5 N–H and O–H groups in total. The Kier molecular flexibility index (Phi) is 20.9. The Morgan fingerprint density at radius 3 is 1.41 bits per heavy atom. The zero-order valence-corrected chi connectivity index (χ0v) is 71.4. The number of furan rings is 4. The van der Waals surface area contributed by atoms with Gasteiger partial charge in [-0.1, -0.05) is 24.3 Å². The number of halogens is 2. The molecule has 40 heteroatoms. The summed E-state index contributed by atoms with van der Waals surface area (Å²) in [4.78, 5) is 194. The summed E-state index contributed by atoms with van der Waals surface area (Å²) in [5, 5.41) is 18.7. The number of aryl methyl sites for hydroxylation is 3. The molecule has 22 rings (SSSR count). The van der Waals surface area contributed by atoms with Crippen LogP contribution < -0.4 is 50.4 Å². The predicted octanol–water partition coefficient (Wildman–Crippen LogP) is 7.67. The van der Waals surface area contributed by atoms with E-state index in [9.17, 15) is 71.1 Å². The van der Waals surface area contributed by atoms with E-state index in [0.717, 1.165) is 34.2 Å². The molecule has 132 heavy (non-hydrogen) atoms. The highest BCUT2D eigenvalue weighted by Crippen LogP contribution is 2.46. The van der Waals surface area contributed by atoms with Crippen molar-refractivity contribution in [2.45, 2.75) is 93.9 Å². The van der Waals surface area contributed by atoms with Crippen LogP contribution in [0, 0.1) is 25.5 Å². The van der Waals surface area contributed by atoms with Crippen molar-refractivity contribution >= 4 is 127 Å². The van der Waals surface area contributed by atoms with Crippen molar-refractivity contribution in [3.63, 3.8) is 0 Å². The number of rotatable bonds is 18. The Morgan fingerprint density at radius 1 is 0.455 bits per heavy atom. The molecular formula is C92H77F2N17O21. The maximum atomic E-state index is 14.7. The number of carbonyl (C=O) groups is 13. The fourth-order valence-corrected chi connectivity index (χ4v) is 18.3. The second-order valence-electron chi connectivity index (χ2n) is 33.4. The summed E-state index contributed by atoms with van der Waals surface area (Å²) in [5.41, 5.74) is 1.55. The Hall–Kier alpha value is -16.5. The predicted molar refractivity (Wildman–Crippen MR) is 455 cm³/mol. The van der Waals surface area contributed by atoms with Gasteiger partial charge in [0.2, 0.25) is 47.1 Å². The van der Waals surface area contributed by atoms with Gasteiger partial charge in [0, 0.05) is 117 Å². The normalized spacial score (nSPS) is 20.5. The monoisotopic (exact) mass is 1790 g/mol. The highest BCUT2D eigenvalue weighted by atomic mass is 19.1. The van der Waals surface area contributed by atoms with E-state index in [2.05, 4.69) is 56.6 Å². The molecule has 0 radical (unpaired) electrons. The van der Waals surface area contributed by atoms with Gasteiger partial charge in [-0.2, -0.15) is 10.1 Å². The molecule has 9 aliphatic rings. The number of amides is 14. The lowest BCUT2D eigenvalue weighted by Gasteiger charge is -2.29. The number of carbonyl (C=O) groups excluding carboxylic acids is 13. The van der Waals surface area contributed by atoms with Crippen LogP contribution in [-0.2, 0) is 93.4 Å². The minimum absolute atomic E-state index is 0.00309. The quantitative estimate of drug-likeness (QED) is 0.0406. The summed E-state index contributed by atoms with van der Waals surface area (Å²) in [5.74, 6) is -3.65. The van der Waals surface area contributed by atoms with Gasteiger partial charge in [-0.05, 0) is 121 Å². The van der Waals surface area contributed by atoms with Crippen molar-refractivity contribution in [2.75, 3.05) is 66.1 Å². The van der Waals surface area contributed by atoms with E-state index in [1.165, 1.54) is 55.7 Å². The number of nitrogens with zero attached hydrogens (tertiary/aromatic N) is 12. The van der Waals surface area contributed by atoms with Crippen molar-refractivity contribution in [3.05, 3.63) is 231 Å². The first-order valence-corrected chi connectivity index (χ1v) is 41.5. The maximum absolute atomic E-state index is 14.7. The number of hydrogen-bond acceptors (Lipinski definition) is 27. The van der Waals surface area contributed by atoms with Crippen molar-refractivity contribution < 1.29 is 108 Å². The third-order valence-electron chi connectivity index (χ3n) is 25.1. The second-order valence-corrected chi connectivity index (χ2v) is 33.4. The average Bonchev–Trinajstić information content (AvgIpc) is 1.59. The lowest BCUT2D eigenvalue weighted by molar-refractivity contribution is -0.128. The molecule has 13 aromatic rings. The lowest BCUT2D eigenvalue weighted by atomic mass is 9.82. The van der Waals surface area contributed by atoms with E-state index in [-0.39, 0.29) is 122 Å². The average molecular weight is 1790 g/mol. The molecule has 9 aliphatic heterocycles. The van der Waals surface area contributed by atoms with Gasteiger partial charge < -0.3 is 61.5 Å². The largest absolute Gasteiger partial charge is 0.497 e. The molecule has 670 valence electrons. The molecule has 4 aromatic carbocycles. The fourth-order valence-electron chi connectivity index (χ4n) is 18.3. The van der Waals surface area contributed by atoms with Crippen LogP contribution in [0.5, 0.6) is 23.0 Å². The zero-order chi connectivity index (χ0) is 92.5. The van der Waals surface area contributed by atoms with Gasteiger partial charge in [0.15, 0.2) is 45.4 Å². The first-order chi connectivity index (χ1) is 63.4. The number of anilines is 1. The number of aromatic nitrogens is 7. The third-order valence-corrected chi connectivity index (χ3v) is 25.1. The molecule has 14 amide bonds. The summed E-state index contributed by atoms with van der Waals surface area (Å²) in [6.45, 7) is 4.50. The highest BCUT2D eigenvalue weighted by molar-refractivity contribution is 6.13. The Bertz CT molecular complexity index is 7020. The van der Waals surface area contributed by atoms with Gasteiger partial charge in [-0.3, -0.25) is 98.4 Å². The number of benzene rings is 4. The van der Waals surface area contributed by atoms with Gasteiger partial charge in [0.1, 0.15) is 62.4 Å². The van der Waals surface area contributed by atoms with E-state index in [1.54, 1.807) is 125 Å². The van der Waals surface area contributed by atoms with E-state index in [0.29, 0.717) is 116 Å². The molecule has 18 heterocycles. The lowest BCUT2D eigenvalue weighted by Crippen LogP contribution is -2.52. The Morgan fingerprint density at radius 2 is 0.924 bits per heavy atom. The molecule has 0 bridgehead atoms. The first-order valence-electron chi connectivity index (χ1n) is 41.5. The molecule has 0 unspecified atom stereocenters. The van der Waals surface area contributed by atoms with E-state index < -0.39 is 92.6 Å². The molecule has 0 spiro atoms. The van der Waals surface area contributed by atoms with E-state index >= 15 is 0 Å². The van der Waals surface area contributed by atoms with Crippen LogP contribution in [0.3, 0.4) is 0 Å². The SMILES string of the molecule is COc1ccc2c(c1)C(=O)N(C[C@@]1(c3cc4cc(-c5cnn(C)c5)ncc4o3)CC(=O)NC1=O)C2.COc1ccc2c(c1)C(=O)N(C[C@@]1(c3cc4cc(N5CCCC5=O)ncc4o3)CC(=O)NC1=O)C2.COc1ccc2c(c1F)C(=O)N(C[C@@]1(c3cc4cc(C)ncc4o3)NC(=O)NC1=O)C2.COc1ccc2c(c1F)C(=O)N(C[C@@]1(c3cc4cnc(C)nc4o3)CC(=O)NC1=O)C2. The molecule has 9 aromatic heterocycles. The zero-order valence-electron chi connectivity index (χ0n) is 71.4. The topological polar surface area (TPSA) is 470 Å². The first kappa shape index (κ1) is 85.0. The molecule has 5 fully saturated rings. The van der Waals surface area contributed by atoms with Crippen molar-refractivity contribution in [1.82, 2.24) is 80.9 Å². The summed E-state index contributed by atoms with van der Waals surface area (Å²) in [6.07, 6.45) is 10.6. The smallest absolute Gasteiger partial charge is 0.322 e. The van der Waals surface area contributed by atoms with Crippen molar-refractivity contribution in [1.29, 1.82) is 0 Å². The summed E-state index contributed by atoms with van der Waals surface area (Å²) in [6, 6.07) is 28.1. The second kappa shape index (κ2) is 32.4. The number of ether oxygens (including phenoxy) is 4. The molecule has 4 atom stereocenters. The van der Waals surface area contributed by atoms with Crippen molar-refractivity contribution in [3.8, 4) is 34.3 Å². The number of methoxy groups -OCH3 is 4. The maximum Gasteiger partial charge on any atom is 0.322 e. The Labute approximate surface area is 744 Å². The summed E-state index contributed by atoms with van der Waals surface area (Å²) in [7, 11) is 7.53. The minimum Gasteiger partial charge on any atom is -0.497 e. The molecule has 0 saturated carbocycles. The molecule has 5 saturated heterocycles. The van der Waals surface area contributed by atoms with Crippen LogP contribution in [0.15, 0.2) is 158 Å². The van der Waals surface area contributed by atoms with Gasteiger partial charge in [0.05, 0.1) is 101 Å². The molecule has 0 aliphatic carbocycles. The van der Waals surface area contributed by atoms with Crippen molar-refractivity contribution in [2.24, 2.45) is 7.05 Å². The van der Waals surface area contributed by atoms with Crippen LogP contribution >= 0.6 is 0 Å². The standard InChI is InChI=1S/C25H21N5O5.C25H22N4O6.2C21H17FN4O5/c1-29-11-16(9-27-29)19-5-15-6-21(35-20(15)10-26-19)25(8-22(31)28-24(25)33)13-30-12-14-3-4-17(34-2)7-18(14)23(30)32;1-34-16-5-4-14-12-28(23(32)17(14)9-16)13-25(10-21(30)27-24(25)33)19-7-15-8-20(26-11-18(15)35-19)29-6-2-3-22(29)31;1-10-23-7-12-5-14(31-18(12)24-10)21(6-15(27)25-20(21)29)9-26-8-11-3-4-13(30-2)17(22)16(11)19(26)28;1-10-5-12-6-15(31-14(12)7-23-10)21(19(28)24-20(29)25-21)9-26-8-11-3-4-13(30-2)17(22)16(11)18(26)27/h3-7,9-11H,8,12-13H2,1-2H3,(H,28,31,33);4-5,7-9,11H,2-3,6,10,12-13H2,1H3,(H,27,30,33);3-5,7H,6,8-9H2,1-2H3,(H,25,27,29);3-7H,8-9H2,1-2H3,(H2,24,25,28,29)/t2*25-;2*21-/m1110/s1. The number of hydrogen-bond donors (Lipinski definition) is 5. The van der Waals surface area contributed by atoms with Gasteiger partial charge in [-0.25, -0.2) is 23.5 Å². The van der Waals surface area contributed by atoms with Crippen LogP contribution in [0.2, 0.25) is 0 Å². The van der Waals surface area contributed by atoms with Gasteiger partial charge in [0.25, 0.3) is 29.5 Å². The number of imide groups is 4. The van der Waals surface area contributed by atoms with E-state index in [1.807, 2.05) is 38.4 Å².